The van der Waals surface area contributed by atoms with Crippen molar-refractivity contribution in [3.8, 4) is 0 Å². The van der Waals surface area contributed by atoms with Crippen molar-refractivity contribution in [3.05, 3.63) is 23.0 Å². The number of hydrogen-bond donors (Lipinski definition) is 1. The Kier molecular flexibility index (Phi) is 4.18. The maximum atomic E-state index is 11.7. The van der Waals surface area contributed by atoms with Gasteiger partial charge in [0.2, 0.25) is 10.0 Å². The molecule has 0 amide bonds. The highest BCUT2D eigenvalue weighted by molar-refractivity contribution is 7.89. The minimum absolute atomic E-state index is 0.0462. The largest absolute Gasteiger partial charge is 0.478 e. The van der Waals surface area contributed by atoms with Crippen molar-refractivity contribution in [1.29, 1.82) is 0 Å². The normalized spacial score (nSPS) is 12.1. The lowest BCUT2D eigenvalue weighted by Crippen LogP contribution is -2.27. The molecule has 1 rings (SSSR count). The molecule has 0 bridgehead atoms. The van der Waals surface area contributed by atoms with Crippen LogP contribution >= 0.6 is 0 Å². The van der Waals surface area contributed by atoms with E-state index < -0.39 is 16.0 Å². The molecule has 0 aliphatic carbocycles. The number of aryl methyl sites for hydroxylation is 1. The molecule has 1 N–H and O–H groups in total. The van der Waals surface area contributed by atoms with Crippen molar-refractivity contribution in [2.45, 2.75) is 20.4 Å². The summed E-state index contributed by atoms with van der Waals surface area (Å²) in [5.41, 5.74) is 1.54. The number of sulfonamides is 1. The summed E-state index contributed by atoms with van der Waals surface area (Å²) in [7, 11) is -0.317. The van der Waals surface area contributed by atoms with Crippen molar-refractivity contribution in [1.82, 2.24) is 8.87 Å². The van der Waals surface area contributed by atoms with Crippen LogP contribution in [0.25, 0.3) is 0 Å². The van der Waals surface area contributed by atoms with E-state index in [1.54, 1.807) is 24.5 Å². The van der Waals surface area contributed by atoms with Crippen molar-refractivity contribution >= 4 is 16.0 Å². The quantitative estimate of drug-likeness (QED) is 0.857. The zero-order chi connectivity index (χ0) is 14.1. The molecule has 0 saturated heterocycles. The fourth-order valence-electron chi connectivity index (χ4n) is 1.75. The van der Waals surface area contributed by atoms with E-state index in [4.69, 9.17) is 5.11 Å². The average Bonchev–Trinajstić information content (AvgIpc) is 2.52. The van der Waals surface area contributed by atoms with Crippen LogP contribution in [0.5, 0.6) is 0 Å². The summed E-state index contributed by atoms with van der Waals surface area (Å²) < 4.78 is 26.2. The number of carboxylic acid groups (broad SMARTS) is 1. The van der Waals surface area contributed by atoms with Gasteiger partial charge in [0.25, 0.3) is 0 Å². The van der Waals surface area contributed by atoms with E-state index in [1.807, 2.05) is 0 Å². The Morgan fingerprint density at radius 3 is 2.33 bits per heavy atom. The van der Waals surface area contributed by atoms with Gasteiger partial charge in [-0.25, -0.2) is 17.5 Å². The SMILES string of the molecule is Cc1cc(C(=O)O)c(C)n1CCS(=O)(=O)N(C)C. The van der Waals surface area contributed by atoms with Gasteiger partial charge < -0.3 is 9.67 Å². The standard InChI is InChI=1S/C11H18N2O4S/c1-8-7-10(11(14)15)9(2)13(8)5-6-18(16,17)12(3)4/h7H,5-6H2,1-4H3,(H,14,15). The number of carboxylic acids is 1. The molecule has 1 aromatic heterocycles. The zero-order valence-electron chi connectivity index (χ0n) is 11.0. The zero-order valence-corrected chi connectivity index (χ0v) is 11.8. The fraction of sp³-hybridized carbons (Fsp3) is 0.545. The molecule has 6 nitrogen and oxygen atoms in total. The van der Waals surface area contributed by atoms with Crippen LogP contribution in [0.4, 0.5) is 0 Å². The summed E-state index contributed by atoms with van der Waals surface area (Å²) in [6.45, 7) is 3.70. The topological polar surface area (TPSA) is 79.6 Å². The molecule has 7 heteroatoms. The molecule has 102 valence electrons. The highest BCUT2D eigenvalue weighted by Gasteiger charge is 2.18. The Morgan fingerprint density at radius 1 is 1.39 bits per heavy atom. The van der Waals surface area contributed by atoms with Gasteiger partial charge in [-0.05, 0) is 19.9 Å². The van der Waals surface area contributed by atoms with Gasteiger partial charge in [0, 0.05) is 32.0 Å². The van der Waals surface area contributed by atoms with Crippen LogP contribution < -0.4 is 0 Å². The Hall–Kier alpha value is -1.34. The summed E-state index contributed by atoms with van der Waals surface area (Å²) in [5.74, 6) is -1.04. The van der Waals surface area contributed by atoms with Crippen LogP contribution in [0.1, 0.15) is 21.7 Å². The smallest absolute Gasteiger partial charge is 0.337 e. The Bertz CT molecular complexity index is 558. The van der Waals surface area contributed by atoms with Gasteiger partial charge in [-0.3, -0.25) is 0 Å². The maximum absolute atomic E-state index is 11.7. The first kappa shape index (κ1) is 14.7. The monoisotopic (exact) mass is 274 g/mol. The molecule has 1 heterocycles. The molecule has 0 saturated carbocycles. The number of hydrogen-bond acceptors (Lipinski definition) is 3. The number of rotatable bonds is 5. The van der Waals surface area contributed by atoms with E-state index in [2.05, 4.69) is 0 Å². The molecule has 0 spiro atoms. The molecule has 18 heavy (non-hydrogen) atoms. The Morgan fingerprint density at radius 2 is 1.94 bits per heavy atom. The molecular weight excluding hydrogens is 256 g/mol. The summed E-state index contributed by atoms with van der Waals surface area (Å²) in [4.78, 5) is 11.0. The van der Waals surface area contributed by atoms with Gasteiger partial charge in [-0.1, -0.05) is 0 Å². The number of carbonyl (C=O) groups is 1. The van der Waals surface area contributed by atoms with Crippen molar-refractivity contribution in [2.75, 3.05) is 19.8 Å². The van der Waals surface area contributed by atoms with E-state index in [-0.39, 0.29) is 17.9 Å². The number of nitrogens with zero attached hydrogens (tertiary/aromatic N) is 2. The highest BCUT2D eigenvalue weighted by Crippen LogP contribution is 2.15. The third-order valence-corrected chi connectivity index (χ3v) is 4.74. The Labute approximate surface area is 107 Å². The van der Waals surface area contributed by atoms with Gasteiger partial charge in [0.1, 0.15) is 0 Å². The first-order valence-electron chi connectivity index (χ1n) is 5.47. The van der Waals surface area contributed by atoms with Crippen molar-refractivity contribution in [2.24, 2.45) is 0 Å². The van der Waals surface area contributed by atoms with Crippen LogP contribution in [0, 0.1) is 13.8 Å². The second kappa shape index (κ2) is 5.11. The van der Waals surface area contributed by atoms with Crippen molar-refractivity contribution < 1.29 is 18.3 Å². The molecule has 0 aliphatic rings. The van der Waals surface area contributed by atoms with Gasteiger partial charge in [0.15, 0.2) is 0 Å². The van der Waals surface area contributed by atoms with Crippen LogP contribution in [0.15, 0.2) is 6.07 Å². The predicted molar refractivity (Wildman–Crippen MR) is 68.3 cm³/mol. The van der Waals surface area contributed by atoms with E-state index in [0.717, 1.165) is 5.69 Å². The lowest BCUT2D eigenvalue weighted by Gasteiger charge is -2.13. The van der Waals surface area contributed by atoms with E-state index in [9.17, 15) is 13.2 Å². The summed E-state index contributed by atoms with van der Waals surface area (Å²) in [5, 5.41) is 8.98. The van der Waals surface area contributed by atoms with Crippen LogP contribution in [0.2, 0.25) is 0 Å². The summed E-state index contributed by atoms with van der Waals surface area (Å²) in [6.07, 6.45) is 0. The molecule has 1 aromatic rings. The second-order valence-corrected chi connectivity index (χ2v) is 6.64. The van der Waals surface area contributed by atoms with Gasteiger partial charge in [-0.15, -0.1) is 0 Å². The van der Waals surface area contributed by atoms with Gasteiger partial charge in [-0.2, -0.15) is 0 Å². The predicted octanol–water partition coefficient (Wildman–Crippen LogP) is 0.695. The first-order chi connectivity index (χ1) is 8.16. The lowest BCUT2D eigenvalue weighted by atomic mass is 10.2. The molecule has 0 atom stereocenters. The third kappa shape index (κ3) is 2.91. The Balaban J connectivity index is 2.97. The first-order valence-corrected chi connectivity index (χ1v) is 7.08. The molecule has 0 aromatic carbocycles. The molecule has 0 radical (unpaired) electrons. The minimum Gasteiger partial charge on any atom is -0.478 e. The van der Waals surface area contributed by atoms with Crippen LogP contribution in [-0.4, -0.2) is 48.2 Å². The van der Waals surface area contributed by atoms with Gasteiger partial charge >= 0.3 is 5.97 Å². The molecule has 0 unspecified atom stereocenters. The molecular formula is C11H18N2O4S. The van der Waals surface area contributed by atoms with E-state index in [1.165, 1.54) is 18.4 Å². The second-order valence-electron chi connectivity index (χ2n) is 4.34. The number of aromatic nitrogens is 1. The summed E-state index contributed by atoms with van der Waals surface area (Å²) >= 11 is 0. The summed E-state index contributed by atoms with van der Waals surface area (Å²) in [6, 6.07) is 1.56. The average molecular weight is 274 g/mol. The number of aromatic carboxylic acids is 1. The van der Waals surface area contributed by atoms with Crippen molar-refractivity contribution in [3.63, 3.8) is 0 Å². The van der Waals surface area contributed by atoms with Crippen LogP contribution in [0.3, 0.4) is 0 Å². The van der Waals surface area contributed by atoms with E-state index >= 15 is 0 Å². The maximum Gasteiger partial charge on any atom is 0.337 e. The highest BCUT2D eigenvalue weighted by atomic mass is 32.2. The van der Waals surface area contributed by atoms with E-state index in [0.29, 0.717) is 5.69 Å². The van der Waals surface area contributed by atoms with Gasteiger partial charge in [0.05, 0.1) is 11.3 Å². The lowest BCUT2D eigenvalue weighted by molar-refractivity contribution is 0.0696. The van der Waals surface area contributed by atoms with Crippen LogP contribution in [-0.2, 0) is 16.6 Å². The fourth-order valence-corrected chi connectivity index (χ4v) is 2.53. The molecule has 0 fully saturated rings. The molecule has 0 aliphatic heterocycles. The third-order valence-electron chi connectivity index (χ3n) is 2.93. The minimum atomic E-state index is -3.28.